The number of ketones is 1. The molecule has 4 aliphatic carbocycles. The lowest BCUT2D eigenvalue weighted by Crippen LogP contribution is -2.55. The van der Waals surface area contributed by atoms with E-state index in [-0.39, 0.29) is 22.9 Å². The first-order chi connectivity index (χ1) is 14.8. The summed E-state index contributed by atoms with van der Waals surface area (Å²) in [5, 5.41) is 10.8. The van der Waals surface area contributed by atoms with Gasteiger partial charge in [0.05, 0.1) is 6.10 Å². The second-order valence-electron chi connectivity index (χ2n) is 13.9. The third-order valence-corrected chi connectivity index (χ3v) is 12.0. The van der Waals surface area contributed by atoms with Gasteiger partial charge in [-0.15, -0.1) is 0 Å². The Labute approximate surface area is 198 Å². The summed E-state index contributed by atoms with van der Waals surface area (Å²) in [7, 11) is 0. The highest BCUT2D eigenvalue weighted by atomic mass is 16.3. The lowest BCUT2D eigenvalue weighted by molar-refractivity contribution is -0.122. The van der Waals surface area contributed by atoms with Crippen molar-refractivity contribution in [3.8, 4) is 0 Å². The number of hydrogen-bond donors (Lipinski definition) is 1. The molecule has 32 heavy (non-hydrogen) atoms. The third kappa shape index (κ3) is 3.32. The van der Waals surface area contributed by atoms with E-state index in [0.29, 0.717) is 28.4 Å². The van der Waals surface area contributed by atoms with Crippen molar-refractivity contribution in [2.75, 3.05) is 0 Å². The van der Waals surface area contributed by atoms with Crippen molar-refractivity contribution in [1.82, 2.24) is 0 Å². The summed E-state index contributed by atoms with van der Waals surface area (Å²) in [6.45, 7) is 18.9. The van der Waals surface area contributed by atoms with Crippen molar-refractivity contribution < 1.29 is 9.90 Å². The van der Waals surface area contributed by atoms with Gasteiger partial charge in [-0.1, -0.05) is 66.5 Å². The van der Waals surface area contributed by atoms with Gasteiger partial charge >= 0.3 is 0 Å². The predicted octanol–water partition coefficient (Wildman–Crippen LogP) is 7.74. The van der Waals surface area contributed by atoms with E-state index in [1.807, 2.05) is 19.4 Å². The van der Waals surface area contributed by atoms with Gasteiger partial charge in [-0.3, -0.25) is 4.79 Å². The van der Waals surface area contributed by atoms with Crippen LogP contribution in [-0.4, -0.2) is 17.0 Å². The van der Waals surface area contributed by atoms with Gasteiger partial charge in [0.2, 0.25) is 0 Å². The van der Waals surface area contributed by atoms with Gasteiger partial charge in [-0.05, 0) is 97.2 Å². The van der Waals surface area contributed by atoms with Crippen LogP contribution in [0.1, 0.15) is 120 Å². The van der Waals surface area contributed by atoms with E-state index in [2.05, 4.69) is 41.5 Å². The van der Waals surface area contributed by atoms with Gasteiger partial charge in [0.25, 0.3) is 0 Å². The first-order valence-corrected chi connectivity index (χ1v) is 13.7. The van der Waals surface area contributed by atoms with Crippen LogP contribution in [0.2, 0.25) is 0 Å². The third-order valence-electron chi connectivity index (χ3n) is 12.0. The molecular formula is C30H50O2. The van der Waals surface area contributed by atoms with Crippen LogP contribution in [0.25, 0.3) is 0 Å². The van der Waals surface area contributed by atoms with E-state index in [1.54, 1.807) is 5.57 Å². The second-order valence-corrected chi connectivity index (χ2v) is 13.9. The molecule has 0 aliphatic heterocycles. The fourth-order valence-electron chi connectivity index (χ4n) is 9.49. The van der Waals surface area contributed by atoms with Gasteiger partial charge in [-0.25, -0.2) is 0 Å². The number of rotatable bonds is 5. The molecule has 0 radical (unpaired) electrons. The zero-order chi connectivity index (χ0) is 23.7. The molecule has 0 aromatic rings. The molecule has 2 fully saturated rings. The summed E-state index contributed by atoms with van der Waals surface area (Å²) in [6.07, 6.45) is 11.5. The quantitative estimate of drug-likeness (QED) is 0.442. The molecule has 2 heteroatoms. The highest BCUT2D eigenvalue weighted by Crippen LogP contribution is 2.72. The first kappa shape index (κ1) is 24.5. The molecule has 0 heterocycles. The number of aliphatic hydroxyl groups excluding tert-OH is 1. The Morgan fingerprint density at radius 2 is 1.62 bits per heavy atom. The van der Waals surface area contributed by atoms with Crippen molar-refractivity contribution in [3.05, 3.63) is 11.1 Å². The molecule has 0 bridgehead atoms. The Bertz CT molecular complexity index is 791. The highest BCUT2D eigenvalue weighted by molar-refractivity contribution is 5.80. The molecule has 4 rings (SSSR count). The fourth-order valence-corrected chi connectivity index (χ4v) is 9.49. The summed E-state index contributed by atoms with van der Waals surface area (Å²) < 4.78 is 0. The topological polar surface area (TPSA) is 37.3 Å². The molecule has 7 atom stereocenters. The molecule has 0 amide bonds. The molecule has 0 saturated heterocycles. The number of fused-ring (bicyclic) bond motifs is 4. The average molecular weight is 443 g/mol. The Balaban J connectivity index is 1.62. The fraction of sp³-hybridized carbons (Fsp3) is 0.900. The maximum atomic E-state index is 12.3. The minimum absolute atomic E-state index is 0.0167. The number of carbonyl (C=O) groups excluding carboxylic acids is 1. The van der Waals surface area contributed by atoms with Gasteiger partial charge in [0.1, 0.15) is 5.78 Å². The minimum Gasteiger partial charge on any atom is -0.393 e. The molecule has 182 valence electrons. The molecule has 2 saturated carbocycles. The number of hydrogen-bond acceptors (Lipinski definition) is 2. The van der Waals surface area contributed by atoms with E-state index in [9.17, 15) is 9.90 Å². The van der Waals surface area contributed by atoms with Crippen molar-refractivity contribution in [3.63, 3.8) is 0 Å². The van der Waals surface area contributed by atoms with E-state index >= 15 is 0 Å². The summed E-state index contributed by atoms with van der Waals surface area (Å²) in [6, 6.07) is 0. The Morgan fingerprint density at radius 3 is 2.28 bits per heavy atom. The van der Waals surface area contributed by atoms with Gasteiger partial charge in [0, 0.05) is 12.3 Å². The minimum atomic E-state index is -0.155. The van der Waals surface area contributed by atoms with Gasteiger partial charge in [-0.2, -0.15) is 0 Å². The van der Waals surface area contributed by atoms with E-state index in [0.717, 1.165) is 31.6 Å². The lowest BCUT2D eigenvalue weighted by atomic mass is 9.43. The zero-order valence-corrected chi connectivity index (χ0v) is 22.3. The van der Waals surface area contributed by atoms with Gasteiger partial charge in [0.15, 0.2) is 0 Å². The Kier molecular flexibility index (Phi) is 6.09. The van der Waals surface area contributed by atoms with Crippen LogP contribution in [0.5, 0.6) is 0 Å². The van der Waals surface area contributed by atoms with Crippen LogP contribution in [0.3, 0.4) is 0 Å². The maximum absolute atomic E-state index is 12.3. The van der Waals surface area contributed by atoms with Crippen LogP contribution in [0.4, 0.5) is 0 Å². The summed E-state index contributed by atoms with van der Waals surface area (Å²) in [5.41, 5.74) is 4.59. The monoisotopic (exact) mass is 442 g/mol. The molecule has 1 unspecified atom stereocenters. The standard InChI is InChI=1S/C30H50O2/c1-19(2)24(31)11-9-20(3)21-13-17-30(8)23-10-12-25-27(4,5)26(32)15-16-28(25,6)22(23)14-18-29(21,30)7/h19-21,25-26,32H,9-18H2,1-8H3/t20-,21-,25?,26+,28-,29-,30+/m1/s1. The Morgan fingerprint density at radius 1 is 0.938 bits per heavy atom. The lowest BCUT2D eigenvalue weighted by Gasteiger charge is -2.62. The molecular weight excluding hydrogens is 392 g/mol. The van der Waals surface area contributed by atoms with Crippen LogP contribution in [-0.2, 0) is 4.79 Å². The largest absolute Gasteiger partial charge is 0.393 e. The summed E-state index contributed by atoms with van der Waals surface area (Å²) >= 11 is 0. The smallest absolute Gasteiger partial charge is 0.135 e. The molecule has 4 aliphatic rings. The number of carbonyl (C=O) groups is 1. The molecule has 0 aromatic carbocycles. The molecule has 1 N–H and O–H groups in total. The molecule has 0 aromatic heterocycles. The summed E-state index contributed by atoms with van der Waals surface area (Å²) in [5.74, 6) is 2.57. The average Bonchev–Trinajstić information content (AvgIpc) is 3.00. The molecule has 2 nitrogen and oxygen atoms in total. The zero-order valence-electron chi connectivity index (χ0n) is 22.3. The SMILES string of the molecule is CC(C)C(=O)CC[C@@H](C)[C@H]1CC[C@@]2(C)C3=C(CC[C@]12C)[C@@]1(C)CC[C@H](O)C(C)(C)C1CC3. The number of aliphatic hydroxyl groups is 1. The van der Waals surface area contributed by atoms with E-state index in [4.69, 9.17) is 0 Å². The van der Waals surface area contributed by atoms with E-state index in [1.165, 1.54) is 38.5 Å². The van der Waals surface area contributed by atoms with Crippen molar-refractivity contribution in [2.45, 2.75) is 126 Å². The Hall–Kier alpha value is -0.630. The highest BCUT2D eigenvalue weighted by Gasteiger charge is 2.63. The van der Waals surface area contributed by atoms with Crippen molar-refractivity contribution >= 4 is 5.78 Å². The van der Waals surface area contributed by atoms with Crippen LogP contribution < -0.4 is 0 Å². The van der Waals surface area contributed by atoms with Crippen LogP contribution >= 0.6 is 0 Å². The van der Waals surface area contributed by atoms with Crippen LogP contribution in [0.15, 0.2) is 11.1 Å². The van der Waals surface area contributed by atoms with Gasteiger partial charge < -0.3 is 5.11 Å². The second kappa shape index (κ2) is 7.96. The predicted molar refractivity (Wildman–Crippen MR) is 133 cm³/mol. The van der Waals surface area contributed by atoms with Crippen molar-refractivity contribution in [2.24, 2.45) is 45.3 Å². The number of Topliss-reactive ketones (excluding diaryl/α,β-unsaturated/α-hetero) is 1. The van der Waals surface area contributed by atoms with E-state index < -0.39 is 0 Å². The maximum Gasteiger partial charge on any atom is 0.135 e. The number of allylic oxidation sites excluding steroid dienone is 2. The normalized spacial score (nSPS) is 44.1. The van der Waals surface area contributed by atoms with Crippen LogP contribution in [0, 0.1) is 45.3 Å². The van der Waals surface area contributed by atoms with Crippen molar-refractivity contribution in [1.29, 1.82) is 0 Å². The summed E-state index contributed by atoms with van der Waals surface area (Å²) in [4.78, 5) is 12.3. The molecule has 0 spiro atoms. The first-order valence-electron chi connectivity index (χ1n) is 13.7.